The first kappa shape index (κ1) is 20.1. The van der Waals surface area contributed by atoms with Crippen molar-refractivity contribution >= 4 is 28.4 Å². The highest BCUT2D eigenvalue weighted by Gasteiger charge is 2.14. The van der Waals surface area contributed by atoms with Crippen LogP contribution in [0, 0.1) is 0 Å². The number of carbonyl (C=O) groups is 2. The molecule has 4 rings (SSSR count). The van der Waals surface area contributed by atoms with Crippen molar-refractivity contribution in [1.29, 1.82) is 0 Å². The van der Waals surface area contributed by atoms with Crippen LogP contribution in [0.25, 0.3) is 10.9 Å². The normalized spacial score (nSPS) is 11.8. The average molecular weight is 412 g/mol. The first-order valence-corrected chi connectivity index (χ1v) is 9.70. The van der Waals surface area contributed by atoms with E-state index in [-0.39, 0.29) is 18.2 Å². The van der Waals surface area contributed by atoms with Crippen LogP contribution in [-0.2, 0) is 6.42 Å². The number of primary amides is 1. The number of ketones is 1. The Balaban J connectivity index is 1.56. The fourth-order valence-electron chi connectivity index (χ4n) is 3.39. The molecule has 0 saturated heterocycles. The summed E-state index contributed by atoms with van der Waals surface area (Å²) >= 11 is 0. The quantitative estimate of drug-likeness (QED) is 0.447. The molecular weight excluding hydrogens is 392 g/mol. The topological polar surface area (TPSA) is 124 Å². The van der Waals surface area contributed by atoms with E-state index in [1.165, 1.54) is 25.0 Å². The number of carbonyl (C=O) groups excluding carboxylic acids is 2. The minimum atomic E-state index is -0.538. The maximum atomic E-state index is 12.5. The second-order valence-electron chi connectivity index (χ2n) is 7.13. The summed E-state index contributed by atoms with van der Waals surface area (Å²) in [6, 6.07) is 12.9. The lowest BCUT2D eigenvalue weighted by molar-refractivity contribution is 0.0987. The SMILES string of the molecule is C[C@@H](Nc1ncnc2c(C(N)=O)cccc12)c1cccc(CC(=O)c2cncnc2)c1. The highest BCUT2D eigenvalue weighted by molar-refractivity contribution is 6.06. The second kappa shape index (κ2) is 8.66. The van der Waals surface area contributed by atoms with E-state index in [1.807, 2.05) is 37.3 Å². The molecule has 0 saturated carbocycles. The molecule has 0 fully saturated rings. The Morgan fingerprint density at radius 3 is 2.58 bits per heavy atom. The molecule has 2 aromatic carbocycles. The average Bonchev–Trinajstić information content (AvgIpc) is 2.79. The van der Waals surface area contributed by atoms with Crippen molar-refractivity contribution in [3.63, 3.8) is 0 Å². The van der Waals surface area contributed by atoms with Crippen LogP contribution in [0.1, 0.15) is 44.8 Å². The predicted molar refractivity (Wildman–Crippen MR) is 117 cm³/mol. The number of nitrogens with two attached hydrogens (primary N) is 1. The number of fused-ring (bicyclic) bond motifs is 1. The van der Waals surface area contributed by atoms with Crippen molar-refractivity contribution < 1.29 is 9.59 Å². The van der Waals surface area contributed by atoms with Gasteiger partial charge >= 0.3 is 0 Å². The van der Waals surface area contributed by atoms with Crippen molar-refractivity contribution in [2.24, 2.45) is 5.73 Å². The van der Waals surface area contributed by atoms with E-state index in [0.717, 1.165) is 11.1 Å². The number of anilines is 1. The molecule has 0 bridgehead atoms. The summed E-state index contributed by atoms with van der Waals surface area (Å²) in [5.74, 6) is 0.0205. The smallest absolute Gasteiger partial charge is 0.250 e. The Hall–Kier alpha value is -4.20. The third kappa shape index (κ3) is 4.37. The van der Waals surface area contributed by atoms with Gasteiger partial charge in [-0.05, 0) is 30.2 Å². The van der Waals surface area contributed by atoms with E-state index in [4.69, 9.17) is 5.73 Å². The molecule has 0 unspecified atom stereocenters. The summed E-state index contributed by atoms with van der Waals surface area (Å²) in [4.78, 5) is 40.5. The number of benzene rings is 2. The van der Waals surface area contributed by atoms with Crippen LogP contribution in [0.15, 0.2) is 67.5 Å². The number of hydrogen-bond acceptors (Lipinski definition) is 7. The van der Waals surface area contributed by atoms with Crippen LogP contribution in [-0.4, -0.2) is 31.6 Å². The molecule has 0 radical (unpaired) electrons. The summed E-state index contributed by atoms with van der Waals surface area (Å²) in [5, 5.41) is 4.08. The molecule has 1 atom stereocenters. The minimum absolute atomic E-state index is 0.0425. The zero-order valence-corrected chi connectivity index (χ0v) is 16.8. The molecule has 0 spiro atoms. The zero-order valence-electron chi connectivity index (χ0n) is 16.8. The largest absolute Gasteiger partial charge is 0.366 e. The van der Waals surface area contributed by atoms with Crippen molar-refractivity contribution in [2.75, 3.05) is 5.32 Å². The highest BCUT2D eigenvalue weighted by Crippen LogP contribution is 2.26. The third-order valence-electron chi connectivity index (χ3n) is 4.98. The summed E-state index contributed by atoms with van der Waals surface area (Å²) < 4.78 is 0. The lowest BCUT2D eigenvalue weighted by Crippen LogP contribution is -2.13. The maximum absolute atomic E-state index is 12.5. The summed E-state index contributed by atoms with van der Waals surface area (Å²) in [5.41, 5.74) is 8.69. The van der Waals surface area contributed by atoms with Crippen LogP contribution < -0.4 is 11.1 Å². The molecule has 0 aliphatic carbocycles. The van der Waals surface area contributed by atoms with Crippen LogP contribution in [0.2, 0.25) is 0 Å². The fraction of sp³-hybridized carbons (Fsp3) is 0.130. The molecule has 2 aromatic heterocycles. The second-order valence-corrected chi connectivity index (χ2v) is 7.13. The minimum Gasteiger partial charge on any atom is -0.366 e. The van der Waals surface area contributed by atoms with E-state index < -0.39 is 5.91 Å². The number of rotatable bonds is 7. The molecule has 154 valence electrons. The number of amides is 1. The van der Waals surface area contributed by atoms with Gasteiger partial charge in [-0.2, -0.15) is 0 Å². The number of nitrogens with zero attached hydrogens (tertiary/aromatic N) is 4. The first-order valence-electron chi connectivity index (χ1n) is 9.70. The Bertz CT molecular complexity index is 1260. The van der Waals surface area contributed by atoms with Gasteiger partial charge in [0.2, 0.25) is 0 Å². The molecule has 3 N–H and O–H groups in total. The molecule has 2 heterocycles. The number of para-hydroxylation sites is 1. The molecule has 0 aliphatic rings. The third-order valence-corrected chi connectivity index (χ3v) is 4.98. The Labute approximate surface area is 178 Å². The van der Waals surface area contributed by atoms with Crippen molar-refractivity contribution in [1.82, 2.24) is 19.9 Å². The van der Waals surface area contributed by atoms with Gasteiger partial charge < -0.3 is 11.1 Å². The first-order chi connectivity index (χ1) is 15.0. The molecule has 8 heteroatoms. The lowest BCUT2D eigenvalue weighted by atomic mass is 10.00. The van der Waals surface area contributed by atoms with Crippen molar-refractivity contribution in [3.05, 3.63) is 89.8 Å². The number of Topliss-reactive ketones (excluding diaryl/α,β-unsaturated/α-hetero) is 1. The summed E-state index contributed by atoms with van der Waals surface area (Å²) in [7, 11) is 0. The standard InChI is InChI=1S/C23H20N6O2/c1-14(29-23-19-7-3-6-18(22(24)31)21(19)27-13-28-23)16-5-2-4-15(8-16)9-20(30)17-10-25-12-26-11-17/h2-8,10-14H,9H2,1H3,(H2,24,31)(H,27,28,29)/t14-/m1/s1. The van der Waals surface area contributed by atoms with E-state index in [2.05, 4.69) is 25.3 Å². The number of aromatic nitrogens is 4. The van der Waals surface area contributed by atoms with E-state index in [9.17, 15) is 9.59 Å². The van der Waals surface area contributed by atoms with Crippen LogP contribution in [0.4, 0.5) is 5.82 Å². The van der Waals surface area contributed by atoms with Gasteiger partial charge in [0.1, 0.15) is 18.5 Å². The molecule has 4 aromatic rings. The van der Waals surface area contributed by atoms with E-state index >= 15 is 0 Å². The molecular formula is C23H20N6O2. The fourth-order valence-corrected chi connectivity index (χ4v) is 3.39. The van der Waals surface area contributed by atoms with Gasteiger partial charge in [-0.25, -0.2) is 19.9 Å². The Kier molecular flexibility index (Phi) is 5.61. The van der Waals surface area contributed by atoms with Crippen LogP contribution in [0.5, 0.6) is 0 Å². The zero-order chi connectivity index (χ0) is 21.8. The predicted octanol–water partition coefficient (Wildman–Crippen LogP) is 3.12. The molecule has 0 aliphatic heterocycles. The number of nitrogens with one attached hydrogen (secondary N) is 1. The monoisotopic (exact) mass is 412 g/mol. The van der Waals surface area contributed by atoms with E-state index in [0.29, 0.717) is 27.8 Å². The van der Waals surface area contributed by atoms with Gasteiger partial charge in [-0.15, -0.1) is 0 Å². The highest BCUT2D eigenvalue weighted by atomic mass is 16.1. The maximum Gasteiger partial charge on any atom is 0.250 e. The lowest BCUT2D eigenvalue weighted by Gasteiger charge is -2.17. The van der Waals surface area contributed by atoms with Gasteiger partial charge in [0.05, 0.1) is 16.6 Å². The van der Waals surface area contributed by atoms with Gasteiger partial charge in [-0.1, -0.05) is 30.3 Å². The Morgan fingerprint density at radius 1 is 1.03 bits per heavy atom. The Morgan fingerprint density at radius 2 is 1.81 bits per heavy atom. The summed E-state index contributed by atoms with van der Waals surface area (Å²) in [6.45, 7) is 2.00. The summed E-state index contributed by atoms with van der Waals surface area (Å²) in [6.07, 6.45) is 6.09. The number of hydrogen-bond donors (Lipinski definition) is 2. The van der Waals surface area contributed by atoms with Gasteiger partial charge in [0.15, 0.2) is 5.78 Å². The van der Waals surface area contributed by atoms with Gasteiger partial charge in [-0.3, -0.25) is 9.59 Å². The van der Waals surface area contributed by atoms with Gasteiger partial charge in [0.25, 0.3) is 5.91 Å². The van der Waals surface area contributed by atoms with Crippen molar-refractivity contribution in [3.8, 4) is 0 Å². The van der Waals surface area contributed by atoms with Gasteiger partial charge in [0, 0.05) is 30.2 Å². The van der Waals surface area contributed by atoms with Crippen molar-refractivity contribution in [2.45, 2.75) is 19.4 Å². The van der Waals surface area contributed by atoms with E-state index in [1.54, 1.807) is 12.1 Å². The molecule has 31 heavy (non-hydrogen) atoms. The molecule has 8 nitrogen and oxygen atoms in total. The van der Waals surface area contributed by atoms with Crippen LogP contribution >= 0.6 is 0 Å². The molecule has 1 amide bonds. The van der Waals surface area contributed by atoms with Crippen LogP contribution in [0.3, 0.4) is 0 Å².